The zero-order chi connectivity index (χ0) is 17.9. The van der Waals surface area contributed by atoms with Crippen molar-refractivity contribution in [2.24, 2.45) is 0 Å². The van der Waals surface area contributed by atoms with Crippen LogP contribution in [0.25, 0.3) is 0 Å². The molecule has 6 heteroatoms. The molecule has 1 heterocycles. The molecule has 3 rings (SSSR count). The first-order chi connectivity index (χ1) is 12.0. The maximum Gasteiger partial charge on any atom is 0.241 e. The summed E-state index contributed by atoms with van der Waals surface area (Å²) in [4.78, 5) is 2.50. The third-order valence-corrected chi connectivity index (χ3v) is 6.15. The highest BCUT2D eigenvalue weighted by molar-refractivity contribution is 7.89. The van der Waals surface area contributed by atoms with Gasteiger partial charge in [-0.15, -0.1) is 0 Å². The van der Waals surface area contributed by atoms with E-state index in [1.165, 1.54) is 31.0 Å². The van der Waals surface area contributed by atoms with E-state index >= 15 is 0 Å². The third kappa shape index (κ3) is 4.45. The summed E-state index contributed by atoms with van der Waals surface area (Å²) in [5, 5.41) is 0. The molecule has 1 aliphatic heterocycles. The summed E-state index contributed by atoms with van der Waals surface area (Å²) in [5.41, 5.74) is 2.51. The highest BCUT2D eigenvalue weighted by Crippen LogP contribution is 2.19. The Balaban J connectivity index is 1.74. The number of nitrogens with one attached hydrogen (secondary N) is 1. The SMILES string of the molecule is Cc1cc(F)ccc1S(=O)(=O)NCc1ccccc1CN1CCCC1. The van der Waals surface area contributed by atoms with Gasteiger partial charge in [0.05, 0.1) is 4.90 Å². The summed E-state index contributed by atoms with van der Waals surface area (Å²) in [6, 6.07) is 11.6. The first kappa shape index (κ1) is 18.0. The molecule has 2 aromatic rings. The van der Waals surface area contributed by atoms with E-state index in [0.717, 1.165) is 30.8 Å². The minimum Gasteiger partial charge on any atom is -0.299 e. The van der Waals surface area contributed by atoms with Gasteiger partial charge in [0.1, 0.15) is 5.82 Å². The van der Waals surface area contributed by atoms with Gasteiger partial charge in [-0.25, -0.2) is 17.5 Å². The summed E-state index contributed by atoms with van der Waals surface area (Å²) in [6.07, 6.45) is 2.44. The van der Waals surface area contributed by atoms with Crippen LogP contribution in [0.2, 0.25) is 0 Å². The number of benzene rings is 2. The Labute approximate surface area is 148 Å². The van der Waals surface area contributed by atoms with E-state index in [1.54, 1.807) is 6.92 Å². The van der Waals surface area contributed by atoms with Crippen LogP contribution in [-0.4, -0.2) is 26.4 Å². The number of rotatable bonds is 6. The van der Waals surface area contributed by atoms with Gasteiger partial charge in [0, 0.05) is 13.1 Å². The predicted octanol–water partition coefficient (Wildman–Crippen LogP) is 3.21. The van der Waals surface area contributed by atoms with Crippen molar-refractivity contribution in [2.75, 3.05) is 13.1 Å². The van der Waals surface area contributed by atoms with Gasteiger partial charge < -0.3 is 0 Å². The molecule has 134 valence electrons. The van der Waals surface area contributed by atoms with Crippen molar-refractivity contribution in [3.63, 3.8) is 0 Å². The standard InChI is InChI=1S/C19H23FN2O2S/c1-15-12-18(20)8-9-19(15)25(23,24)21-13-16-6-2-3-7-17(16)14-22-10-4-5-11-22/h2-3,6-9,12,21H,4-5,10-11,13-14H2,1H3. The monoisotopic (exact) mass is 362 g/mol. The number of nitrogens with zero attached hydrogens (tertiary/aromatic N) is 1. The Morgan fingerprint density at radius 2 is 1.76 bits per heavy atom. The zero-order valence-corrected chi connectivity index (χ0v) is 15.2. The van der Waals surface area contributed by atoms with Crippen LogP contribution < -0.4 is 4.72 Å². The number of likely N-dealkylation sites (tertiary alicyclic amines) is 1. The van der Waals surface area contributed by atoms with E-state index in [-0.39, 0.29) is 11.4 Å². The first-order valence-electron chi connectivity index (χ1n) is 8.51. The van der Waals surface area contributed by atoms with Crippen LogP contribution in [0.1, 0.15) is 29.5 Å². The van der Waals surface area contributed by atoms with Crippen LogP contribution in [0, 0.1) is 12.7 Å². The molecule has 0 unspecified atom stereocenters. The Kier molecular flexibility index (Phi) is 5.51. The lowest BCUT2D eigenvalue weighted by molar-refractivity contribution is 0.330. The molecule has 1 fully saturated rings. The van der Waals surface area contributed by atoms with E-state index in [0.29, 0.717) is 5.56 Å². The molecule has 0 spiro atoms. The fourth-order valence-corrected chi connectivity index (χ4v) is 4.46. The average Bonchev–Trinajstić information content (AvgIpc) is 3.07. The Morgan fingerprint density at radius 3 is 2.44 bits per heavy atom. The number of hydrogen-bond acceptors (Lipinski definition) is 3. The van der Waals surface area contributed by atoms with Crippen molar-refractivity contribution in [1.82, 2.24) is 9.62 Å². The Hall–Kier alpha value is -1.76. The molecule has 1 N–H and O–H groups in total. The van der Waals surface area contributed by atoms with Gasteiger partial charge in [-0.3, -0.25) is 4.90 Å². The molecule has 0 aliphatic carbocycles. The van der Waals surface area contributed by atoms with Crippen molar-refractivity contribution >= 4 is 10.0 Å². The summed E-state index contributed by atoms with van der Waals surface area (Å²) < 4.78 is 41.0. The van der Waals surface area contributed by atoms with Gasteiger partial charge in [0.15, 0.2) is 0 Å². The molecular formula is C19H23FN2O2S. The van der Waals surface area contributed by atoms with Crippen LogP contribution in [0.5, 0.6) is 0 Å². The molecule has 4 nitrogen and oxygen atoms in total. The largest absolute Gasteiger partial charge is 0.299 e. The molecule has 25 heavy (non-hydrogen) atoms. The minimum atomic E-state index is -3.68. The second kappa shape index (κ2) is 7.64. The van der Waals surface area contributed by atoms with E-state index in [4.69, 9.17) is 0 Å². The first-order valence-corrected chi connectivity index (χ1v) is 9.99. The second-order valence-corrected chi connectivity index (χ2v) is 8.22. The lowest BCUT2D eigenvalue weighted by Gasteiger charge is -2.18. The summed E-state index contributed by atoms with van der Waals surface area (Å²) in [5.74, 6) is -0.438. The molecule has 0 bridgehead atoms. The Bertz CT molecular complexity index is 846. The molecule has 1 aliphatic rings. The quantitative estimate of drug-likeness (QED) is 0.858. The molecule has 1 saturated heterocycles. The van der Waals surface area contributed by atoms with Gasteiger partial charge in [0.2, 0.25) is 10.0 Å². The lowest BCUT2D eigenvalue weighted by atomic mass is 10.1. The zero-order valence-electron chi connectivity index (χ0n) is 14.3. The Morgan fingerprint density at radius 1 is 1.08 bits per heavy atom. The van der Waals surface area contributed by atoms with E-state index in [2.05, 4.69) is 9.62 Å². The fourth-order valence-electron chi connectivity index (χ4n) is 3.23. The van der Waals surface area contributed by atoms with Crippen LogP contribution >= 0.6 is 0 Å². The molecule has 0 saturated carbocycles. The number of hydrogen-bond donors (Lipinski definition) is 1. The topological polar surface area (TPSA) is 49.4 Å². The summed E-state index contributed by atoms with van der Waals surface area (Å²) in [7, 11) is -3.68. The number of sulfonamides is 1. The lowest BCUT2D eigenvalue weighted by Crippen LogP contribution is -2.25. The highest BCUT2D eigenvalue weighted by Gasteiger charge is 2.18. The normalized spacial score (nSPS) is 15.6. The van der Waals surface area contributed by atoms with Gasteiger partial charge >= 0.3 is 0 Å². The number of halogens is 1. The molecule has 0 radical (unpaired) electrons. The van der Waals surface area contributed by atoms with Gasteiger partial charge in [-0.2, -0.15) is 0 Å². The molecular weight excluding hydrogens is 339 g/mol. The molecule has 0 atom stereocenters. The van der Waals surface area contributed by atoms with Crippen molar-refractivity contribution in [3.05, 3.63) is 65.0 Å². The van der Waals surface area contributed by atoms with Gasteiger partial charge in [-0.05, 0) is 67.7 Å². The van der Waals surface area contributed by atoms with Gasteiger partial charge in [0.25, 0.3) is 0 Å². The summed E-state index contributed by atoms with van der Waals surface area (Å²) >= 11 is 0. The highest BCUT2D eigenvalue weighted by atomic mass is 32.2. The maximum atomic E-state index is 13.2. The van der Waals surface area contributed by atoms with E-state index < -0.39 is 15.8 Å². The maximum absolute atomic E-state index is 13.2. The van der Waals surface area contributed by atoms with Crippen molar-refractivity contribution < 1.29 is 12.8 Å². The van der Waals surface area contributed by atoms with Crippen LogP contribution in [-0.2, 0) is 23.1 Å². The van der Waals surface area contributed by atoms with Crippen LogP contribution in [0.4, 0.5) is 4.39 Å². The summed E-state index contributed by atoms with van der Waals surface area (Å²) in [6.45, 7) is 4.85. The molecule has 0 aromatic heterocycles. The van der Waals surface area contributed by atoms with Crippen molar-refractivity contribution in [3.8, 4) is 0 Å². The minimum absolute atomic E-state index is 0.117. The van der Waals surface area contributed by atoms with Crippen molar-refractivity contribution in [1.29, 1.82) is 0 Å². The average molecular weight is 362 g/mol. The fraction of sp³-hybridized carbons (Fsp3) is 0.368. The van der Waals surface area contributed by atoms with Gasteiger partial charge in [-0.1, -0.05) is 24.3 Å². The molecule has 0 amide bonds. The van der Waals surface area contributed by atoms with Crippen molar-refractivity contribution in [2.45, 2.75) is 37.8 Å². The van der Waals surface area contributed by atoms with E-state index in [1.807, 2.05) is 24.3 Å². The predicted molar refractivity (Wildman–Crippen MR) is 96.1 cm³/mol. The second-order valence-electron chi connectivity index (χ2n) is 6.49. The number of aryl methyl sites for hydroxylation is 1. The van der Waals surface area contributed by atoms with Crippen LogP contribution in [0.3, 0.4) is 0 Å². The smallest absolute Gasteiger partial charge is 0.241 e. The van der Waals surface area contributed by atoms with E-state index in [9.17, 15) is 12.8 Å². The third-order valence-electron chi connectivity index (χ3n) is 4.59. The molecule has 2 aromatic carbocycles. The van der Waals surface area contributed by atoms with Crippen LogP contribution in [0.15, 0.2) is 47.4 Å².